The second-order valence-electron chi connectivity index (χ2n) is 7.28. The van der Waals surface area contributed by atoms with E-state index >= 15 is 0 Å². The van der Waals surface area contributed by atoms with Crippen LogP contribution in [0, 0.1) is 5.92 Å². The fraction of sp³-hybridized carbons (Fsp3) is 0.684. The van der Waals surface area contributed by atoms with E-state index in [1.807, 2.05) is 0 Å². The van der Waals surface area contributed by atoms with Crippen LogP contribution in [0.1, 0.15) is 49.1 Å². The Labute approximate surface area is 133 Å². The minimum atomic E-state index is 0.416. The number of ether oxygens (including phenoxy) is 1. The van der Waals surface area contributed by atoms with E-state index in [-0.39, 0.29) is 0 Å². The third-order valence-electron chi connectivity index (χ3n) is 6.00. The van der Waals surface area contributed by atoms with Gasteiger partial charge in [-0.05, 0) is 68.2 Å². The van der Waals surface area contributed by atoms with Crippen molar-refractivity contribution in [3.8, 4) is 5.75 Å². The number of hydrogen-bond donors (Lipinski definition) is 1. The first kappa shape index (κ1) is 14.5. The van der Waals surface area contributed by atoms with Gasteiger partial charge in [0, 0.05) is 6.54 Å². The van der Waals surface area contributed by atoms with Gasteiger partial charge in [0.2, 0.25) is 0 Å². The summed E-state index contributed by atoms with van der Waals surface area (Å²) in [5, 5.41) is 10.5. The predicted octanol–water partition coefficient (Wildman–Crippen LogP) is 3.31. The Morgan fingerprint density at radius 3 is 2.59 bits per heavy atom. The van der Waals surface area contributed by atoms with Crippen molar-refractivity contribution in [3.63, 3.8) is 0 Å². The third-order valence-corrected chi connectivity index (χ3v) is 6.00. The Bertz CT molecular complexity index is 518. The lowest BCUT2D eigenvalue weighted by atomic mass is 9.79. The molecule has 4 fully saturated rings. The summed E-state index contributed by atoms with van der Waals surface area (Å²) in [7, 11) is 0. The van der Waals surface area contributed by atoms with E-state index in [1.165, 1.54) is 45.2 Å². The lowest BCUT2D eigenvalue weighted by molar-refractivity contribution is -0.0684. The standard InChI is InChI=1S/C19H27NO2/c21-19-16(5-2-6-17(19)14-3-1-4-14)9-12-22-18-13-20-10-7-15(18)8-11-20/h2,5-6,14-15,18,21H,1,3-4,7-13H2. The van der Waals surface area contributed by atoms with Crippen LogP contribution in [0.4, 0.5) is 0 Å². The topological polar surface area (TPSA) is 32.7 Å². The monoisotopic (exact) mass is 301 g/mol. The van der Waals surface area contributed by atoms with Gasteiger partial charge < -0.3 is 14.7 Å². The molecular formula is C19H27NO2. The van der Waals surface area contributed by atoms with Crippen molar-refractivity contribution >= 4 is 0 Å². The maximum absolute atomic E-state index is 10.5. The summed E-state index contributed by atoms with van der Waals surface area (Å²) in [6.45, 7) is 4.36. The number of piperidine rings is 3. The minimum Gasteiger partial charge on any atom is -0.507 e. The van der Waals surface area contributed by atoms with Crippen molar-refractivity contribution in [2.45, 2.75) is 50.5 Å². The van der Waals surface area contributed by atoms with E-state index in [2.05, 4.69) is 23.1 Å². The zero-order valence-electron chi connectivity index (χ0n) is 13.3. The summed E-state index contributed by atoms with van der Waals surface area (Å²) < 4.78 is 6.16. The number of aromatic hydroxyl groups is 1. The average molecular weight is 301 g/mol. The van der Waals surface area contributed by atoms with Gasteiger partial charge in [-0.1, -0.05) is 24.6 Å². The summed E-state index contributed by atoms with van der Waals surface area (Å²) in [5.74, 6) is 1.88. The first-order valence-electron chi connectivity index (χ1n) is 8.96. The van der Waals surface area contributed by atoms with Crippen LogP contribution in [-0.2, 0) is 11.2 Å². The van der Waals surface area contributed by atoms with Crippen LogP contribution in [0.25, 0.3) is 0 Å². The van der Waals surface area contributed by atoms with Gasteiger partial charge in [0.15, 0.2) is 0 Å². The van der Waals surface area contributed by atoms with Crippen molar-refractivity contribution in [2.24, 2.45) is 5.92 Å². The predicted molar refractivity (Wildman–Crippen MR) is 87.3 cm³/mol. The first-order valence-corrected chi connectivity index (χ1v) is 8.96. The van der Waals surface area contributed by atoms with Crippen LogP contribution in [0.5, 0.6) is 5.75 Å². The molecule has 120 valence electrons. The lowest BCUT2D eigenvalue weighted by Gasteiger charge is -2.44. The Hall–Kier alpha value is -1.06. The van der Waals surface area contributed by atoms with Gasteiger partial charge in [0.25, 0.3) is 0 Å². The van der Waals surface area contributed by atoms with Gasteiger partial charge in [0.05, 0.1) is 12.7 Å². The Morgan fingerprint density at radius 2 is 1.95 bits per heavy atom. The molecule has 3 nitrogen and oxygen atoms in total. The van der Waals surface area contributed by atoms with E-state index in [0.717, 1.165) is 36.6 Å². The van der Waals surface area contributed by atoms with Crippen molar-refractivity contribution in [1.29, 1.82) is 0 Å². The van der Waals surface area contributed by atoms with E-state index < -0.39 is 0 Å². The Morgan fingerprint density at radius 1 is 1.14 bits per heavy atom. The van der Waals surface area contributed by atoms with Crippen LogP contribution in [-0.4, -0.2) is 42.4 Å². The highest BCUT2D eigenvalue weighted by Gasteiger charge is 2.34. The molecule has 1 unspecified atom stereocenters. The second-order valence-corrected chi connectivity index (χ2v) is 7.28. The number of phenols is 1. The number of benzene rings is 1. The fourth-order valence-electron chi connectivity index (χ4n) is 4.28. The molecule has 22 heavy (non-hydrogen) atoms. The van der Waals surface area contributed by atoms with E-state index in [4.69, 9.17) is 4.74 Å². The van der Waals surface area contributed by atoms with Gasteiger partial charge in [-0.25, -0.2) is 0 Å². The van der Waals surface area contributed by atoms with Crippen LogP contribution in [0.3, 0.4) is 0 Å². The molecule has 0 spiro atoms. The highest BCUT2D eigenvalue weighted by atomic mass is 16.5. The molecule has 1 N–H and O–H groups in total. The van der Waals surface area contributed by atoms with E-state index in [0.29, 0.717) is 17.8 Å². The normalized spacial score (nSPS) is 31.2. The molecule has 0 aromatic heterocycles. The Balaban J connectivity index is 1.34. The van der Waals surface area contributed by atoms with Crippen molar-refractivity contribution < 1.29 is 9.84 Å². The van der Waals surface area contributed by atoms with Crippen molar-refractivity contribution in [1.82, 2.24) is 4.90 Å². The smallest absolute Gasteiger partial charge is 0.122 e. The van der Waals surface area contributed by atoms with Gasteiger partial charge in [-0.15, -0.1) is 0 Å². The zero-order valence-corrected chi connectivity index (χ0v) is 13.3. The molecule has 3 aliphatic heterocycles. The highest BCUT2D eigenvalue weighted by Crippen LogP contribution is 2.41. The molecule has 3 saturated heterocycles. The maximum atomic E-state index is 10.5. The Kier molecular flexibility index (Phi) is 4.10. The molecule has 1 aromatic rings. The highest BCUT2D eigenvalue weighted by molar-refractivity contribution is 5.43. The number of phenolic OH excluding ortho intramolecular Hbond substituents is 1. The molecule has 3 heterocycles. The number of para-hydroxylation sites is 1. The molecule has 1 saturated carbocycles. The summed E-state index contributed by atoms with van der Waals surface area (Å²) in [6.07, 6.45) is 7.60. The molecule has 2 bridgehead atoms. The second kappa shape index (κ2) is 6.21. The molecule has 0 amide bonds. The first-order chi connectivity index (χ1) is 10.8. The largest absolute Gasteiger partial charge is 0.507 e. The average Bonchev–Trinajstić information content (AvgIpc) is 2.50. The van der Waals surface area contributed by atoms with Crippen LogP contribution >= 0.6 is 0 Å². The lowest BCUT2D eigenvalue weighted by Crippen LogP contribution is -2.51. The molecule has 1 aromatic carbocycles. The molecule has 1 atom stereocenters. The molecule has 4 aliphatic rings. The van der Waals surface area contributed by atoms with Gasteiger partial charge in [-0.2, -0.15) is 0 Å². The quantitative estimate of drug-likeness (QED) is 0.905. The number of nitrogens with zero attached hydrogens (tertiary/aromatic N) is 1. The summed E-state index contributed by atoms with van der Waals surface area (Å²) in [5.41, 5.74) is 2.22. The maximum Gasteiger partial charge on any atom is 0.122 e. The van der Waals surface area contributed by atoms with Gasteiger partial charge >= 0.3 is 0 Å². The molecule has 0 radical (unpaired) electrons. The van der Waals surface area contributed by atoms with Gasteiger partial charge in [0.1, 0.15) is 5.75 Å². The number of rotatable bonds is 5. The summed E-state index contributed by atoms with van der Waals surface area (Å²) >= 11 is 0. The fourth-order valence-corrected chi connectivity index (χ4v) is 4.28. The summed E-state index contributed by atoms with van der Waals surface area (Å²) in [4.78, 5) is 2.53. The van der Waals surface area contributed by atoms with Gasteiger partial charge in [-0.3, -0.25) is 0 Å². The van der Waals surface area contributed by atoms with E-state index in [9.17, 15) is 5.11 Å². The molecule has 1 aliphatic carbocycles. The number of hydrogen-bond acceptors (Lipinski definition) is 3. The minimum absolute atomic E-state index is 0.416. The summed E-state index contributed by atoms with van der Waals surface area (Å²) in [6, 6.07) is 6.24. The SMILES string of the molecule is Oc1c(CCOC2CN3CCC2CC3)cccc1C1CCC1. The number of fused-ring (bicyclic) bond motifs is 3. The van der Waals surface area contributed by atoms with Crippen LogP contribution in [0.2, 0.25) is 0 Å². The van der Waals surface area contributed by atoms with E-state index in [1.54, 1.807) is 0 Å². The van der Waals surface area contributed by atoms with Crippen molar-refractivity contribution in [2.75, 3.05) is 26.2 Å². The molecule has 3 heteroatoms. The van der Waals surface area contributed by atoms with Crippen molar-refractivity contribution in [3.05, 3.63) is 29.3 Å². The molecule has 5 rings (SSSR count). The van der Waals surface area contributed by atoms with Crippen LogP contribution < -0.4 is 0 Å². The third kappa shape index (κ3) is 2.77. The van der Waals surface area contributed by atoms with Crippen LogP contribution in [0.15, 0.2) is 18.2 Å². The zero-order chi connectivity index (χ0) is 14.9. The molecular weight excluding hydrogens is 274 g/mol.